The molecule has 6 nitrogen and oxygen atoms in total. The molecule has 0 rings (SSSR count). The molecule has 0 aliphatic heterocycles. The van der Waals surface area contributed by atoms with E-state index in [1.54, 1.807) is 0 Å². The van der Waals surface area contributed by atoms with Crippen LogP contribution in [0, 0.1) is 0 Å². The third kappa shape index (κ3) is 38.7. The highest BCUT2D eigenvalue weighted by Crippen LogP contribution is 2.14. The smallest absolute Gasteiger partial charge is 0.306 e. The van der Waals surface area contributed by atoms with E-state index in [1.807, 2.05) is 0 Å². The first-order valence-electron chi connectivity index (χ1n) is 21.5. The van der Waals surface area contributed by atoms with Gasteiger partial charge in [-0.05, 0) is 51.4 Å². The van der Waals surface area contributed by atoms with Gasteiger partial charge in [0.1, 0.15) is 13.2 Å². The van der Waals surface area contributed by atoms with Crippen LogP contribution in [0.25, 0.3) is 0 Å². The van der Waals surface area contributed by atoms with Gasteiger partial charge in [0, 0.05) is 19.3 Å². The van der Waals surface area contributed by atoms with Crippen LogP contribution in [0.2, 0.25) is 0 Å². The van der Waals surface area contributed by atoms with Crippen molar-refractivity contribution in [2.75, 3.05) is 13.2 Å². The molecule has 0 aromatic rings. The molecule has 0 N–H and O–H groups in total. The zero-order valence-corrected chi connectivity index (χ0v) is 33.6. The van der Waals surface area contributed by atoms with Gasteiger partial charge in [0.25, 0.3) is 0 Å². The summed E-state index contributed by atoms with van der Waals surface area (Å²) >= 11 is 0. The Bertz CT molecular complexity index is 876. The zero-order valence-electron chi connectivity index (χ0n) is 33.6. The van der Waals surface area contributed by atoms with Gasteiger partial charge < -0.3 is 14.2 Å². The molecule has 0 aliphatic rings. The van der Waals surface area contributed by atoms with Crippen molar-refractivity contribution in [3.05, 3.63) is 36.5 Å². The van der Waals surface area contributed by atoms with Crippen LogP contribution in [0.3, 0.4) is 0 Å². The molecule has 296 valence electrons. The molecule has 0 amide bonds. The van der Waals surface area contributed by atoms with Crippen LogP contribution in [0.5, 0.6) is 0 Å². The first-order chi connectivity index (χ1) is 25.0. The van der Waals surface area contributed by atoms with Crippen molar-refractivity contribution in [1.82, 2.24) is 0 Å². The van der Waals surface area contributed by atoms with Gasteiger partial charge in [-0.2, -0.15) is 0 Å². The highest BCUT2D eigenvalue weighted by Gasteiger charge is 2.19. The lowest BCUT2D eigenvalue weighted by molar-refractivity contribution is -0.167. The minimum absolute atomic E-state index is 0.0789. The predicted molar refractivity (Wildman–Crippen MR) is 215 cm³/mol. The Balaban J connectivity index is 4.40. The van der Waals surface area contributed by atoms with Crippen LogP contribution < -0.4 is 0 Å². The average molecular weight is 717 g/mol. The topological polar surface area (TPSA) is 78.9 Å². The Kier molecular flexibility index (Phi) is 38.5. The summed E-state index contributed by atoms with van der Waals surface area (Å²) in [7, 11) is 0. The van der Waals surface area contributed by atoms with Gasteiger partial charge in [-0.15, -0.1) is 0 Å². The molecule has 0 radical (unpaired) electrons. The van der Waals surface area contributed by atoms with E-state index >= 15 is 0 Å². The van der Waals surface area contributed by atoms with Crippen molar-refractivity contribution in [3.63, 3.8) is 0 Å². The minimum atomic E-state index is -0.775. The van der Waals surface area contributed by atoms with Crippen LogP contribution in [-0.4, -0.2) is 37.2 Å². The zero-order chi connectivity index (χ0) is 37.3. The van der Waals surface area contributed by atoms with Crippen LogP contribution in [0.15, 0.2) is 36.5 Å². The molecule has 0 spiro atoms. The third-order valence-corrected chi connectivity index (χ3v) is 9.16. The highest BCUT2D eigenvalue weighted by atomic mass is 16.6. The number of hydrogen-bond acceptors (Lipinski definition) is 6. The summed E-state index contributed by atoms with van der Waals surface area (Å²) < 4.78 is 16.6. The maximum atomic E-state index is 12.7. The molecule has 51 heavy (non-hydrogen) atoms. The van der Waals surface area contributed by atoms with E-state index in [4.69, 9.17) is 14.2 Å². The second-order valence-electron chi connectivity index (χ2n) is 14.2. The Morgan fingerprint density at radius 1 is 0.412 bits per heavy atom. The third-order valence-electron chi connectivity index (χ3n) is 9.16. The number of allylic oxidation sites excluding steroid dienone is 6. The van der Waals surface area contributed by atoms with E-state index in [0.29, 0.717) is 19.3 Å². The molecule has 1 unspecified atom stereocenters. The number of unbranched alkanes of at least 4 members (excludes halogenated alkanes) is 21. The van der Waals surface area contributed by atoms with Gasteiger partial charge in [-0.1, -0.05) is 179 Å². The van der Waals surface area contributed by atoms with Crippen molar-refractivity contribution < 1.29 is 28.6 Å². The average Bonchev–Trinajstić information content (AvgIpc) is 3.12. The maximum absolute atomic E-state index is 12.7. The standard InChI is InChI=1S/C45H80O6/c1-4-7-10-13-16-19-21-22-24-26-29-32-35-38-44(47)50-41-42(40-49-43(46)37-34-31-28-25-18-15-12-9-6-3)51-45(48)39-36-33-30-27-23-20-17-14-11-8-5-2/h7,10,16,19,22,24,42H,4-6,8-9,11-15,17-18,20-21,23,25-41H2,1-3H3/b10-7-,19-16-,24-22-. The molecule has 0 saturated heterocycles. The number of rotatable bonds is 38. The first kappa shape index (κ1) is 48.6. The van der Waals surface area contributed by atoms with Gasteiger partial charge in [0.15, 0.2) is 6.10 Å². The molecule has 1 atom stereocenters. The van der Waals surface area contributed by atoms with Crippen molar-refractivity contribution in [1.29, 1.82) is 0 Å². The quantitative estimate of drug-likeness (QED) is 0.0274. The first-order valence-corrected chi connectivity index (χ1v) is 21.5. The Morgan fingerprint density at radius 2 is 0.765 bits per heavy atom. The number of hydrogen-bond donors (Lipinski definition) is 0. The van der Waals surface area contributed by atoms with Crippen LogP contribution in [0.1, 0.15) is 213 Å². The minimum Gasteiger partial charge on any atom is -0.462 e. The molecule has 0 heterocycles. The van der Waals surface area contributed by atoms with Crippen molar-refractivity contribution in [2.45, 2.75) is 219 Å². The van der Waals surface area contributed by atoms with Crippen molar-refractivity contribution in [3.8, 4) is 0 Å². The van der Waals surface area contributed by atoms with E-state index in [-0.39, 0.29) is 31.1 Å². The fourth-order valence-electron chi connectivity index (χ4n) is 5.93. The lowest BCUT2D eigenvalue weighted by Crippen LogP contribution is -2.30. The Labute approximate surface area is 315 Å². The molecule has 0 aromatic heterocycles. The molecule has 0 fully saturated rings. The molecular formula is C45H80O6. The lowest BCUT2D eigenvalue weighted by atomic mass is 10.1. The fourth-order valence-corrected chi connectivity index (χ4v) is 5.93. The largest absolute Gasteiger partial charge is 0.462 e. The van der Waals surface area contributed by atoms with Gasteiger partial charge in [0.2, 0.25) is 0 Å². The van der Waals surface area contributed by atoms with E-state index in [1.165, 1.54) is 89.9 Å². The summed E-state index contributed by atoms with van der Waals surface area (Å²) in [5.74, 6) is -0.913. The van der Waals surface area contributed by atoms with Crippen molar-refractivity contribution in [2.24, 2.45) is 0 Å². The Hall–Kier alpha value is -2.37. The second-order valence-corrected chi connectivity index (χ2v) is 14.2. The summed E-state index contributed by atoms with van der Waals surface area (Å²) in [5, 5.41) is 0. The molecule has 0 saturated carbocycles. The molecule has 6 heteroatoms. The van der Waals surface area contributed by atoms with Crippen molar-refractivity contribution >= 4 is 17.9 Å². The van der Waals surface area contributed by atoms with Gasteiger partial charge >= 0.3 is 17.9 Å². The summed E-state index contributed by atoms with van der Waals surface area (Å²) in [6.45, 7) is 6.46. The highest BCUT2D eigenvalue weighted by molar-refractivity contribution is 5.71. The number of carbonyl (C=O) groups excluding carboxylic acids is 3. The van der Waals surface area contributed by atoms with Crippen LogP contribution >= 0.6 is 0 Å². The number of ether oxygens (including phenoxy) is 3. The monoisotopic (exact) mass is 717 g/mol. The van der Waals surface area contributed by atoms with E-state index in [0.717, 1.165) is 83.5 Å². The maximum Gasteiger partial charge on any atom is 0.306 e. The Morgan fingerprint density at radius 3 is 1.20 bits per heavy atom. The SMILES string of the molecule is CC/C=C\C/C=C\C/C=C\CCCCCC(=O)OCC(COC(=O)CCCCCCCCCCC)OC(=O)CCCCCCCCCCCCC. The van der Waals surface area contributed by atoms with Crippen LogP contribution in [-0.2, 0) is 28.6 Å². The van der Waals surface area contributed by atoms with E-state index in [9.17, 15) is 14.4 Å². The molecule has 0 aliphatic carbocycles. The predicted octanol–water partition coefficient (Wildman–Crippen LogP) is 13.4. The number of esters is 3. The lowest BCUT2D eigenvalue weighted by Gasteiger charge is -2.18. The van der Waals surface area contributed by atoms with Gasteiger partial charge in [0.05, 0.1) is 0 Å². The van der Waals surface area contributed by atoms with Gasteiger partial charge in [-0.3, -0.25) is 14.4 Å². The molecule has 0 aromatic carbocycles. The molecule has 0 bridgehead atoms. The summed E-state index contributed by atoms with van der Waals surface area (Å²) in [4.78, 5) is 37.5. The normalized spacial score (nSPS) is 12.3. The van der Waals surface area contributed by atoms with E-state index < -0.39 is 6.10 Å². The van der Waals surface area contributed by atoms with E-state index in [2.05, 4.69) is 57.2 Å². The fraction of sp³-hybridized carbons (Fsp3) is 0.800. The molecular weight excluding hydrogens is 636 g/mol. The summed E-state index contributed by atoms with van der Waals surface area (Å²) in [6, 6.07) is 0. The van der Waals surface area contributed by atoms with Crippen LogP contribution in [0.4, 0.5) is 0 Å². The number of carbonyl (C=O) groups is 3. The summed E-state index contributed by atoms with van der Waals surface area (Å²) in [6.07, 6.45) is 44.1. The van der Waals surface area contributed by atoms with Gasteiger partial charge in [-0.25, -0.2) is 0 Å². The summed E-state index contributed by atoms with van der Waals surface area (Å²) in [5.41, 5.74) is 0. The second kappa shape index (κ2) is 40.4.